The summed E-state index contributed by atoms with van der Waals surface area (Å²) in [5, 5.41) is 0.732. The maximum absolute atomic E-state index is 5.75. The minimum atomic E-state index is 0.732. The Kier molecular flexibility index (Phi) is 3.71. The van der Waals surface area contributed by atoms with Crippen molar-refractivity contribution >= 4 is 23.5 Å². The largest absolute Gasteiger partial charge is 0.261 e. The lowest BCUT2D eigenvalue weighted by Crippen LogP contribution is -1.79. The molecule has 0 unspecified atom stereocenters. The fourth-order valence-electron chi connectivity index (χ4n) is 0.918. The molecule has 1 rings (SSSR count). The monoisotopic (exact) mass is 193 g/mol. The molecule has 2 heteroatoms. The van der Waals surface area contributed by atoms with Crippen LogP contribution in [0.4, 0.5) is 0 Å². The van der Waals surface area contributed by atoms with Crippen molar-refractivity contribution in [3.05, 3.63) is 41.4 Å². The molecule has 0 aliphatic heterocycles. The molecular formula is C11H12ClN. The molecule has 0 bridgehead atoms. The van der Waals surface area contributed by atoms with Gasteiger partial charge in [-0.1, -0.05) is 37.2 Å². The Hall–Kier alpha value is -1.08. The standard InChI is InChI=1S/C11H12ClN/c1-3-8-13-9(2)10-4-6-11(12)7-5-10/h4-8H,2-3H2,1H3. The van der Waals surface area contributed by atoms with Gasteiger partial charge in [0.1, 0.15) is 0 Å². The van der Waals surface area contributed by atoms with Gasteiger partial charge in [-0.05, 0) is 24.1 Å². The number of hydrogen-bond donors (Lipinski definition) is 0. The van der Waals surface area contributed by atoms with Gasteiger partial charge in [0.05, 0.1) is 5.70 Å². The average molecular weight is 194 g/mol. The van der Waals surface area contributed by atoms with Crippen molar-refractivity contribution in [2.45, 2.75) is 13.3 Å². The molecule has 0 aliphatic rings. The Bertz CT molecular complexity index is 311. The van der Waals surface area contributed by atoms with Crippen LogP contribution in [0.5, 0.6) is 0 Å². The van der Waals surface area contributed by atoms with Crippen LogP contribution in [0.15, 0.2) is 35.8 Å². The number of nitrogens with zero attached hydrogens (tertiary/aromatic N) is 1. The summed E-state index contributed by atoms with van der Waals surface area (Å²) >= 11 is 5.75. The minimum absolute atomic E-state index is 0.732. The van der Waals surface area contributed by atoms with Crippen LogP contribution in [0, 0.1) is 0 Å². The Balaban J connectivity index is 2.78. The molecular weight excluding hydrogens is 182 g/mol. The second kappa shape index (κ2) is 4.83. The molecule has 0 spiro atoms. The lowest BCUT2D eigenvalue weighted by atomic mass is 10.2. The summed E-state index contributed by atoms with van der Waals surface area (Å²) in [4.78, 5) is 4.18. The van der Waals surface area contributed by atoms with Gasteiger partial charge in [0, 0.05) is 11.2 Å². The molecule has 1 aromatic carbocycles. The van der Waals surface area contributed by atoms with E-state index in [9.17, 15) is 0 Å². The van der Waals surface area contributed by atoms with Gasteiger partial charge in [-0.2, -0.15) is 0 Å². The zero-order valence-corrected chi connectivity index (χ0v) is 8.38. The molecule has 0 fully saturated rings. The number of rotatable bonds is 3. The summed E-state index contributed by atoms with van der Waals surface area (Å²) in [6.07, 6.45) is 2.77. The van der Waals surface area contributed by atoms with E-state index in [2.05, 4.69) is 11.6 Å². The highest BCUT2D eigenvalue weighted by Gasteiger charge is 1.94. The third-order valence-corrected chi connectivity index (χ3v) is 1.86. The Morgan fingerprint density at radius 1 is 1.46 bits per heavy atom. The molecule has 13 heavy (non-hydrogen) atoms. The number of hydrogen-bond acceptors (Lipinski definition) is 1. The van der Waals surface area contributed by atoms with E-state index in [1.807, 2.05) is 37.4 Å². The van der Waals surface area contributed by atoms with Gasteiger partial charge in [-0.15, -0.1) is 0 Å². The fraction of sp³-hybridized carbons (Fsp3) is 0.182. The highest BCUT2D eigenvalue weighted by atomic mass is 35.5. The van der Waals surface area contributed by atoms with Crippen molar-refractivity contribution in [1.29, 1.82) is 0 Å². The number of aliphatic imine (C=N–C) groups is 1. The van der Waals surface area contributed by atoms with Gasteiger partial charge < -0.3 is 0 Å². The molecule has 0 heterocycles. The first-order chi connectivity index (χ1) is 6.24. The second-order valence-electron chi connectivity index (χ2n) is 2.67. The van der Waals surface area contributed by atoms with Gasteiger partial charge in [-0.3, -0.25) is 4.99 Å². The first kappa shape index (κ1) is 10.0. The predicted molar refractivity (Wildman–Crippen MR) is 59.3 cm³/mol. The SMILES string of the molecule is C=C(N=CCC)c1ccc(Cl)cc1. The van der Waals surface area contributed by atoms with Gasteiger partial charge in [0.25, 0.3) is 0 Å². The molecule has 0 saturated carbocycles. The van der Waals surface area contributed by atoms with E-state index in [0.29, 0.717) is 0 Å². The lowest BCUT2D eigenvalue weighted by molar-refractivity contribution is 1.32. The molecule has 0 radical (unpaired) electrons. The van der Waals surface area contributed by atoms with Crippen LogP contribution in [-0.4, -0.2) is 6.21 Å². The zero-order chi connectivity index (χ0) is 9.68. The molecule has 0 atom stereocenters. The summed E-state index contributed by atoms with van der Waals surface area (Å²) in [5.74, 6) is 0. The van der Waals surface area contributed by atoms with Crippen molar-refractivity contribution in [3.63, 3.8) is 0 Å². The summed E-state index contributed by atoms with van der Waals surface area (Å²) in [5.41, 5.74) is 1.78. The van der Waals surface area contributed by atoms with Gasteiger partial charge >= 0.3 is 0 Å². The molecule has 0 aliphatic carbocycles. The van der Waals surface area contributed by atoms with Crippen molar-refractivity contribution in [3.8, 4) is 0 Å². The second-order valence-corrected chi connectivity index (χ2v) is 3.11. The van der Waals surface area contributed by atoms with Crippen LogP contribution in [0.2, 0.25) is 5.02 Å². The molecule has 0 amide bonds. The number of benzene rings is 1. The maximum Gasteiger partial charge on any atom is 0.0626 e. The van der Waals surface area contributed by atoms with Crippen LogP contribution >= 0.6 is 11.6 Å². The van der Waals surface area contributed by atoms with E-state index < -0.39 is 0 Å². The fourth-order valence-corrected chi connectivity index (χ4v) is 1.04. The summed E-state index contributed by atoms with van der Waals surface area (Å²) in [6.45, 7) is 5.89. The molecule has 0 saturated heterocycles. The van der Waals surface area contributed by atoms with Crippen LogP contribution in [-0.2, 0) is 0 Å². The summed E-state index contributed by atoms with van der Waals surface area (Å²) in [6, 6.07) is 7.50. The van der Waals surface area contributed by atoms with Crippen LogP contribution in [0.1, 0.15) is 18.9 Å². The Morgan fingerprint density at radius 3 is 2.62 bits per heavy atom. The van der Waals surface area contributed by atoms with Crippen molar-refractivity contribution in [1.82, 2.24) is 0 Å². The third kappa shape index (κ3) is 3.03. The van der Waals surface area contributed by atoms with Crippen LogP contribution < -0.4 is 0 Å². The Labute approximate surface area is 83.8 Å². The summed E-state index contributed by atoms with van der Waals surface area (Å²) < 4.78 is 0. The first-order valence-electron chi connectivity index (χ1n) is 4.21. The molecule has 0 aromatic heterocycles. The highest BCUT2D eigenvalue weighted by molar-refractivity contribution is 6.30. The molecule has 1 nitrogen and oxygen atoms in total. The lowest BCUT2D eigenvalue weighted by Gasteiger charge is -1.98. The van der Waals surface area contributed by atoms with Gasteiger partial charge in [0.15, 0.2) is 0 Å². The van der Waals surface area contributed by atoms with Gasteiger partial charge in [0.2, 0.25) is 0 Å². The molecule has 1 aromatic rings. The smallest absolute Gasteiger partial charge is 0.0626 e. The van der Waals surface area contributed by atoms with Crippen molar-refractivity contribution in [2.24, 2.45) is 4.99 Å². The first-order valence-corrected chi connectivity index (χ1v) is 4.59. The third-order valence-electron chi connectivity index (χ3n) is 1.61. The minimum Gasteiger partial charge on any atom is -0.261 e. The van der Waals surface area contributed by atoms with Crippen LogP contribution in [0.25, 0.3) is 5.70 Å². The van der Waals surface area contributed by atoms with E-state index in [1.54, 1.807) is 0 Å². The average Bonchev–Trinajstić information content (AvgIpc) is 2.15. The van der Waals surface area contributed by atoms with Crippen molar-refractivity contribution in [2.75, 3.05) is 0 Å². The van der Waals surface area contributed by atoms with Crippen molar-refractivity contribution < 1.29 is 0 Å². The maximum atomic E-state index is 5.75. The van der Waals surface area contributed by atoms with Gasteiger partial charge in [-0.25, -0.2) is 0 Å². The van der Waals surface area contributed by atoms with E-state index in [1.165, 1.54) is 0 Å². The Morgan fingerprint density at radius 2 is 2.08 bits per heavy atom. The quantitative estimate of drug-likeness (QED) is 0.648. The normalized spacial score (nSPS) is 10.6. The van der Waals surface area contributed by atoms with E-state index in [-0.39, 0.29) is 0 Å². The van der Waals surface area contributed by atoms with Crippen LogP contribution in [0.3, 0.4) is 0 Å². The molecule has 0 N–H and O–H groups in total. The highest BCUT2D eigenvalue weighted by Crippen LogP contribution is 2.16. The van der Waals surface area contributed by atoms with E-state index in [0.717, 1.165) is 22.7 Å². The number of halogens is 1. The predicted octanol–water partition coefficient (Wildman–Crippen LogP) is 3.79. The summed E-state index contributed by atoms with van der Waals surface area (Å²) in [7, 11) is 0. The zero-order valence-electron chi connectivity index (χ0n) is 7.63. The molecule has 68 valence electrons. The topological polar surface area (TPSA) is 12.4 Å². The van der Waals surface area contributed by atoms with E-state index >= 15 is 0 Å². The van der Waals surface area contributed by atoms with E-state index in [4.69, 9.17) is 11.6 Å².